The fourth-order valence-electron chi connectivity index (χ4n) is 2.74. The van der Waals surface area contributed by atoms with E-state index in [1.807, 2.05) is 43.3 Å². The molecule has 0 fully saturated rings. The van der Waals surface area contributed by atoms with Crippen LogP contribution in [0.2, 0.25) is 0 Å². The van der Waals surface area contributed by atoms with Crippen molar-refractivity contribution in [2.45, 2.75) is 20.4 Å². The minimum Gasteiger partial charge on any atom is -0.380 e. The molecule has 116 valence electrons. The highest BCUT2D eigenvalue weighted by molar-refractivity contribution is 9.10. The smallest absolute Gasteiger partial charge is 0.163 e. The topological polar surface area (TPSA) is 42.0 Å². The maximum atomic E-state index is 12.1. The van der Waals surface area contributed by atoms with E-state index in [2.05, 4.69) is 38.4 Å². The lowest BCUT2D eigenvalue weighted by atomic mass is 10.0. The molecular weight excluding hydrogens is 352 g/mol. The normalized spacial score (nSPS) is 10.7. The number of aryl methyl sites for hydroxylation is 1. The molecule has 0 aliphatic rings. The number of nitrogens with zero attached hydrogens (tertiary/aromatic N) is 1. The number of pyridine rings is 1. The highest BCUT2D eigenvalue weighted by atomic mass is 79.9. The number of Topliss-reactive ketones (excluding diaryl/α,β-unsaturated/α-hetero) is 1. The van der Waals surface area contributed by atoms with Gasteiger partial charge in [-0.1, -0.05) is 46.3 Å². The van der Waals surface area contributed by atoms with Crippen molar-refractivity contribution in [3.63, 3.8) is 0 Å². The Balaban J connectivity index is 2.05. The van der Waals surface area contributed by atoms with Gasteiger partial charge >= 0.3 is 0 Å². The molecule has 3 nitrogen and oxygen atoms in total. The second-order valence-corrected chi connectivity index (χ2v) is 6.42. The largest absolute Gasteiger partial charge is 0.380 e. The number of fused-ring (bicyclic) bond motifs is 1. The van der Waals surface area contributed by atoms with Crippen LogP contribution in [0.1, 0.15) is 28.5 Å². The van der Waals surface area contributed by atoms with Gasteiger partial charge in [0.25, 0.3) is 0 Å². The summed E-state index contributed by atoms with van der Waals surface area (Å²) in [6, 6.07) is 16.0. The van der Waals surface area contributed by atoms with E-state index in [9.17, 15) is 4.79 Å². The lowest BCUT2D eigenvalue weighted by Crippen LogP contribution is -2.09. The second-order valence-electron chi connectivity index (χ2n) is 5.50. The minimum atomic E-state index is 0.0269. The monoisotopic (exact) mass is 368 g/mol. The Kier molecular flexibility index (Phi) is 4.44. The van der Waals surface area contributed by atoms with Gasteiger partial charge in [0.15, 0.2) is 5.78 Å². The van der Waals surface area contributed by atoms with Gasteiger partial charge in [-0.05, 0) is 37.6 Å². The average Bonchev–Trinajstić information content (AvgIpc) is 2.53. The number of hydrogen-bond donors (Lipinski definition) is 1. The maximum Gasteiger partial charge on any atom is 0.163 e. The van der Waals surface area contributed by atoms with Gasteiger partial charge in [-0.2, -0.15) is 0 Å². The lowest BCUT2D eigenvalue weighted by molar-refractivity contribution is 0.101. The zero-order valence-corrected chi connectivity index (χ0v) is 14.6. The van der Waals surface area contributed by atoms with E-state index in [0.29, 0.717) is 12.1 Å². The third-order valence-corrected chi connectivity index (χ3v) is 4.34. The Morgan fingerprint density at radius 1 is 1.13 bits per heavy atom. The van der Waals surface area contributed by atoms with Crippen LogP contribution in [0.5, 0.6) is 0 Å². The van der Waals surface area contributed by atoms with E-state index >= 15 is 0 Å². The molecule has 0 atom stereocenters. The first-order valence-corrected chi connectivity index (χ1v) is 8.24. The number of rotatable bonds is 4. The number of nitrogens with one attached hydrogen (secondary N) is 1. The molecule has 0 saturated heterocycles. The van der Waals surface area contributed by atoms with Gasteiger partial charge in [-0.3, -0.25) is 9.78 Å². The predicted molar refractivity (Wildman–Crippen MR) is 98.0 cm³/mol. The third-order valence-electron chi connectivity index (χ3n) is 3.81. The minimum absolute atomic E-state index is 0.0269. The Bertz CT molecular complexity index is 872. The SMILES string of the molecule is CC(=O)c1c(C)nc2ccccc2c1NCc1ccc(Br)cc1. The van der Waals surface area contributed by atoms with Crippen molar-refractivity contribution in [2.75, 3.05) is 5.32 Å². The van der Waals surface area contributed by atoms with Crippen molar-refractivity contribution < 1.29 is 4.79 Å². The van der Waals surface area contributed by atoms with Crippen molar-refractivity contribution in [3.05, 3.63) is 69.8 Å². The Morgan fingerprint density at radius 3 is 2.52 bits per heavy atom. The third kappa shape index (κ3) is 3.27. The van der Waals surface area contributed by atoms with E-state index in [1.54, 1.807) is 6.92 Å². The van der Waals surface area contributed by atoms with Crippen LogP contribution in [0.15, 0.2) is 53.0 Å². The lowest BCUT2D eigenvalue weighted by Gasteiger charge is -2.15. The van der Waals surface area contributed by atoms with Crippen LogP contribution in [-0.2, 0) is 6.54 Å². The Morgan fingerprint density at radius 2 is 1.83 bits per heavy atom. The van der Waals surface area contributed by atoms with E-state index in [1.165, 1.54) is 0 Å². The summed E-state index contributed by atoms with van der Waals surface area (Å²) in [5.74, 6) is 0.0269. The first-order chi connectivity index (χ1) is 11.1. The first kappa shape index (κ1) is 15.7. The van der Waals surface area contributed by atoms with Crippen molar-refractivity contribution in [3.8, 4) is 0 Å². The predicted octanol–water partition coefficient (Wildman–Crippen LogP) is 5.12. The number of hydrogen-bond acceptors (Lipinski definition) is 3. The molecule has 23 heavy (non-hydrogen) atoms. The van der Waals surface area contributed by atoms with Crippen LogP contribution < -0.4 is 5.32 Å². The highest BCUT2D eigenvalue weighted by Crippen LogP contribution is 2.29. The second kappa shape index (κ2) is 6.50. The maximum absolute atomic E-state index is 12.1. The Labute approximate surface area is 143 Å². The summed E-state index contributed by atoms with van der Waals surface area (Å²) in [6.07, 6.45) is 0. The number of halogens is 1. The van der Waals surface area contributed by atoms with Crippen LogP contribution in [0.4, 0.5) is 5.69 Å². The fraction of sp³-hybridized carbons (Fsp3) is 0.158. The molecule has 4 heteroatoms. The van der Waals surface area contributed by atoms with Crippen molar-refractivity contribution >= 4 is 38.3 Å². The summed E-state index contributed by atoms with van der Waals surface area (Å²) in [4.78, 5) is 16.7. The molecule has 0 bridgehead atoms. The molecule has 3 aromatic rings. The molecule has 0 amide bonds. The van der Waals surface area contributed by atoms with Crippen LogP contribution >= 0.6 is 15.9 Å². The molecule has 1 heterocycles. The number of benzene rings is 2. The average molecular weight is 369 g/mol. The van der Waals surface area contributed by atoms with Crippen LogP contribution in [0, 0.1) is 6.92 Å². The molecule has 1 aromatic heterocycles. The first-order valence-electron chi connectivity index (χ1n) is 7.45. The summed E-state index contributed by atoms with van der Waals surface area (Å²) >= 11 is 3.44. The summed E-state index contributed by atoms with van der Waals surface area (Å²) in [6.45, 7) is 4.12. The van der Waals surface area contributed by atoms with Crippen molar-refractivity contribution in [2.24, 2.45) is 0 Å². The molecule has 3 rings (SSSR count). The molecule has 2 aromatic carbocycles. The molecule has 0 radical (unpaired) electrons. The van der Waals surface area contributed by atoms with Crippen LogP contribution in [0.25, 0.3) is 10.9 Å². The van der Waals surface area contributed by atoms with Crippen LogP contribution in [-0.4, -0.2) is 10.8 Å². The quantitative estimate of drug-likeness (QED) is 0.649. The standard InChI is InChI=1S/C19H17BrN2O/c1-12-18(13(2)23)19(16-5-3-4-6-17(16)22-12)21-11-14-7-9-15(20)10-8-14/h3-10H,11H2,1-2H3,(H,21,22). The van der Waals surface area contributed by atoms with Gasteiger partial charge in [0, 0.05) is 16.4 Å². The van der Waals surface area contributed by atoms with Gasteiger partial charge in [0.05, 0.1) is 22.5 Å². The van der Waals surface area contributed by atoms with E-state index < -0.39 is 0 Å². The number of carbonyl (C=O) groups excluding carboxylic acids is 1. The molecule has 1 N–H and O–H groups in total. The number of aromatic nitrogens is 1. The van der Waals surface area contributed by atoms with Gasteiger partial charge in [-0.15, -0.1) is 0 Å². The summed E-state index contributed by atoms with van der Waals surface area (Å²) in [5, 5.41) is 4.41. The molecule has 0 saturated carbocycles. The van der Waals surface area contributed by atoms with Crippen LogP contribution in [0.3, 0.4) is 0 Å². The van der Waals surface area contributed by atoms with Gasteiger partial charge in [0.2, 0.25) is 0 Å². The number of ketones is 1. The zero-order valence-electron chi connectivity index (χ0n) is 13.1. The highest BCUT2D eigenvalue weighted by Gasteiger charge is 2.15. The summed E-state index contributed by atoms with van der Waals surface area (Å²) in [5.41, 5.74) is 4.34. The number of anilines is 1. The van der Waals surface area contributed by atoms with E-state index in [0.717, 1.165) is 32.3 Å². The molecule has 0 unspecified atom stereocenters. The molecule has 0 spiro atoms. The van der Waals surface area contributed by atoms with E-state index in [4.69, 9.17) is 0 Å². The number of carbonyl (C=O) groups is 1. The summed E-state index contributed by atoms with van der Waals surface area (Å²) < 4.78 is 1.05. The van der Waals surface area contributed by atoms with Gasteiger partial charge in [-0.25, -0.2) is 0 Å². The number of para-hydroxylation sites is 1. The fourth-order valence-corrected chi connectivity index (χ4v) is 3.01. The summed E-state index contributed by atoms with van der Waals surface area (Å²) in [7, 11) is 0. The van der Waals surface area contributed by atoms with Gasteiger partial charge in [0.1, 0.15) is 0 Å². The molecule has 0 aliphatic carbocycles. The molecule has 0 aliphatic heterocycles. The van der Waals surface area contributed by atoms with Crippen molar-refractivity contribution in [1.29, 1.82) is 0 Å². The Hall–Kier alpha value is -2.20. The van der Waals surface area contributed by atoms with E-state index in [-0.39, 0.29) is 5.78 Å². The zero-order chi connectivity index (χ0) is 16.4. The molecular formula is C19H17BrN2O. The van der Waals surface area contributed by atoms with Gasteiger partial charge < -0.3 is 5.32 Å². The van der Waals surface area contributed by atoms with Crippen molar-refractivity contribution in [1.82, 2.24) is 4.98 Å².